The van der Waals surface area contributed by atoms with Crippen LogP contribution in [0.5, 0.6) is 0 Å². The fourth-order valence-electron chi connectivity index (χ4n) is 1.54. The van der Waals surface area contributed by atoms with Crippen molar-refractivity contribution in [3.63, 3.8) is 0 Å². The molecule has 1 aromatic carbocycles. The fourth-order valence-corrected chi connectivity index (χ4v) is 1.54. The predicted molar refractivity (Wildman–Crippen MR) is 53.3 cm³/mol. The Hall–Kier alpha value is -1.71. The number of hydrogen-bond acceptors (Lipinski definition) is 3. The standard InChI is InChI=1S/C10H11N3O/c1-3-13-9-5-4-8(6-14)7(2)10(9)11-12-13/h4-6H,3H2,1-2H3. The molecule has 1 heterocycles. The zero-order valence-electron chi connectivity index (χ0n) is 8.19. The molecule has 0 unspecified atom stereocenters. The van der Waals surface area contributed by atoms with E-state index in [4.69, 9.17) is 0 Å². The monoisotopic (exact) mass is 189 g/mol. The molecule has 0 bridgehead atoms. The van der Waals surface area contributed by atoms with Crippen LogP contribution in [0.3, 0.4) is 0 Å². The summed E-state index contributed by atoms with van der Waals surface area (Å²) in [5.74, 6) is 0. The Morgan fingerprint density at radius 3 is 2.93 bits per heavy atom. The number of aryl methyl sites for hydroxylation is 2. The summed E-state index contributed by atoms with van der Waals surface area (Å²) in [5.41, 5.74) is 3.38. The van der Waals surface area contributed by atoms with E-state index in [1.165, 1.54) is 0 Å². The molecule has 0 saturated heterocycles. The largest absolute Gasteiger partial charge is 0.298 e. The first kappa shape index (κ1) is 8.87. The van der Waals surface area contributed by atoms with Crippen molar-refractivity contribution >= 4 is 17.3 Å². The van der Waals surface area contributed by atoms with Crippen LogP contribution in [-0.2, 0) is 6.54 Å². The summed E-state index contributed by atoms with van der Waals surface area (Å²) in [6, 6.07) is 3.69. The summed E-state index contributed by atoms with van der Waals surface area (Å²) >= 11 is 0. The average Bonchev–Trinajstić information content (AvgIpc) is 2.62. The first-order valence-electron chi connectivity index (χ1n) is 4.56. The lowest BCUT2D eigenvalue weighted by Gasteiger charge is -1.99. The van der Waals surface area contributed by atoms with Gasteiger partial charge in [-0.3, -0.25) is 4.79 Å². The quantitative estimate of drug-likeness (QED) is 0.674. The molecule has 0 saturated carbocycles. The van der Waals surface area contributed by atoms with Gasteiger partial charge in [-0.15, -0.1) is 5.10 Å². The third-order valence-corrected chi connectivity index (χ3v) is 2.41. The molecular formula is C10H11N3O. The topological polar surface area (TPSA) is 47.8 Å². The zero-order chi connectivity index (χ0) is 10.1. The van der Waals surface area contributed by atoms with Crippen molar-refractivity contribution in [2.75, 3.05) is 0 Å². The Kier molecular flexibility index (Phi) is 2.04. The maximum Gasteiger partial charge on any atom is 0.150 e. The van der Waals surface area contributed by atoms with Crippen molar-refractivity contribution in [2.45, 2.75) is 20.4 Å². The second-order valence-electron chi connectivity index (χ2n) is 3.17. The van der Waals surface area contributed by atoms with E-state index in [2.05, 4.69) is 10.3 Å². The maximum atomic E-state index is 10.7. The zero-order valence-corrected chi connectivity index (χ0v) is 8.19. The molecule has 0 aliphatic rings. The molecule has 0 spiro atoms. The molecule has 4 heteroatoms. The number of carbonyl (C=O) groups excluding carboxylic acids is 1. The normalized spacial score (nSPS) is 10.7. The summed E-state index contributed by atoms with van der Waals surface area (Å²) in [6.45, 7) is 4.69. The number of rotatable bonds is 2. The minimum absolute atomic E-state index is 0.681. The van der Waals surface area contributed by atoms with Gasteiger partial charge in [-0.1, -0.05) is 5.21 Å². The lowest BCUT2D eigenvalue weighted by Crippen LogP contribution is -1.96. The number of aromatic nitrogens is 3. The molecule has 14 heavy (non-hydrogen) atoms. The summed E-state index contributed by atoms with van der Waals surface area (Å²) in [7, 11) is 0. The predicted octanol–water partition coefficient (Wildman–Crippen LogP) is 1.57. The molecule has 0 radical (unpaired) electrons. The molecule has 0 atom stereocenters. The van der Waals surface area contributed by atoms with E-state index < -0.39 is 0 Å². The summed E-state index contributed by atoms with van der Waals surface area (Å²) in [6.07, 6.45) is 0.847. The van der Waals surface area contributed by atoms with E-state index >= 15 is 0 Å². The average molecular weight is 189 g/mol. The lowest BCUT2D eigenvalue weighted by atomic mass is 10.1. The van der Waals surface area contributed by atoms with Crippen LogP contribution in [0, 0.1) is 6.92 Å². The molecule has 0 N–H and O–H groups in total. The molecular weight excluding hydrogens is 178 g/mol. The Morgan fingerprint density at radius 1 is 1.50 bits per heavy atom. The van der Waals surface area contributed by atoms with Crippen molar-refractivity contribution in [2.24, 2.45) is 0 Å². The van der Waals surface area contributed by atoms with E-state index in [-0.39, 0.29) is 0 Å². The molecule has 0 aliphatic carbocycles. The van der Waals surface area contributed by atoms with E-state index in [1.54, 1.807) is 6.07 Å². The van der Waals surface area contributed by atoms with Gasteiger partial charge in [-0.25, -0.2) is 4.68 Å². The molecule has 2 rings (SSSR count). The minimum atomic E-state index is 0.681. The number of nitrogens with zero attached hydrogens (tertiary/aromatic N) is 3. The van der Waals surface area contributed by atoms with Gasteiger partial charge in [-0.05, 0) is 31.5 Å². The van der Waals surface area contributed by atoms with E-state index in [1.807, 2.05) is 24.6 Å². The van der Waals surface area contributed by atoms with Crippen molar-refractivity contribution in [3.05, 3.63) is 23.3 Å². The fraction of sp³-hybridized carbons (Fsp3) is 0.300. The number of aldehydes is 1. The van der Waals surface area contributed by atoms with Gasteiger partial charge in [0.25, 0.3) is 0 Å². The van der Waals surface area contributed by atoms with E-state index in [9.17, 15) is 4.79 Å². The van der Waals surface area contributed by atoms with Crippen LogP contribution in [0.25, 0.3) is 11.0 Å². The highest BCUT2D eigenvalue weighted by atomic mass is 16.1. The first-order chi connectivity index (χ1) is 6.77. The summed E-state index contributed by atoms with van der Waals surface area (Å²) < 4.78 is 1.82. The summed E-state index contributed by atoms with van der Waals surface area (Å²) in [4.78, 5) is 10.7. The Bertz CT molecular complexity index is 487. The van der Waals surface area contributed by atoms with Crippen LogP contribution < -0.4 is 0 Å². The first-order valence-corrected chi connectivity index (χ1v) is 4.56. The highest BCUT2D eigenvalue weighted by Crippen LogP contribution is 2.18. The lowest BCUT2D eigenvalue weighted by molar-refractivity contribution is 0.112. The molecule has 4 nitrogen and oxygen atoms in total. The van der Waals surface area contributed by atoms with E-state index in [0.717, 1.165) is 29.4 Å². The maximum absolute atomic E-state index is 10.7. The Morgan fingerprint density at radius 2 is 2.29 bits per heavy atom. The number of carbonyl (C=O) groups is 1. The van der Waals surface area contributed by atoms with Crippen molar-refractivity contribution < 1.29 is 4.79 Å². The van der Waals surface area contributed by atoms with Gasteiger partial charge in [-0.2, -0.15) is 0 Å². The third kappa shape index (κ3) is 1.11. The van der Waals surface area contributed by atoms with Gasteiger partial charge in [0.1, 0.15) is 11.8 Å². The number of hydrogen-bond donors (Lipinski definition) is 0. The highest BCUT2D eigenvalue weighted by Gasteiger charge is 2.08. The molecule has 0 amide bonds. The van der Waals surface area contributed by atoms with Crippen LogP contribution in [0.2, 0.25) is 0 Å². The Balaban J connectivity index is 2.78. The second-order valence-corrected chi connectivity index (χ2v) is 3.17. The van der Waals surface area contributed by atoms with Crippen molar-refractivity contribution in [1.29, 1.82) is 0 Å². The highest BCUT2D eigenvalue weighted by molar-refractivity contribution is 5.88. The Labute approximate surface area is 81.5 Å². The van der Waals surface area contributed by atoms with Gasteiger partial charge in [0.15, 0.2) is 0 Å². The third-order valence-electron chi connectivity index (χ3n) is 2.41. The van der Waals surface area contributed by atoms with Gasteiger partial charge < -0.3 is 0 Å². The number of benzene rings is 1. The molecule has 1 aromatic heterocycles. The van der Waals surface area contributed by atoms with Gasteiger partial charge in [0.05, 0.1) is 5.52 Å². The molecule has 0 fully saturated rings. The molecule has 2 aromatic rings. The minimum Gasteiger partial charge on any atom is -0.298 e. The van der Waals surface area contributed by atoms with Gasteiger partial charge in [0, 0.05) is 12.1 Å². The van der Waals surface area contributed by atoms with E-state index in [0.29, 0.717) is 5.56 Å². The van der Waals surface area contributed by atoms with Crippen LogP contribution in [0.1, 0.15) is 22.8 Å². The van der Waals surface area contributed by atoms with Crippen LogP contribution >= 0.6 is 0 Å². The molecule has 0 aliphatic heterocycles. The smallest absolute Gasteiger partial charge is 0.150 e. The second kappa shape index (κ2) is 3.21. The number of fused-ring (bicyclic) bond motifs is 1. The summed E-state index contributed by atoms with van der Waals surface area (Å²) in [5, 5.41) is 8.05. The van der Waals surface area contributed by atoms with Crippen molar-refractivity contribution in [3.8, 4) is 0 Å². The van der Waals surface area contributed by atoms with Gasteiger partial charge >= 0.3 is 0 Å². The van der Waals surface area contributed by atoms with Crippen LogP contribution in [0.15, 0.2) is 12.1 Å². The van der Waals surface area contributed by atoms with Crippen LogP contribution in [-0.4, -0.2) is 21.3 Å². The SMILES string of the molecule is CCn1nnc2c(C)c(C=O)ccc21. The molecule has 72 valence electrons. The van der Waals surface area contributed by atoms with Crippen LogP contribution in [0.4, 0.5) is 0 Å². The van der Waals surface area contributed by atoms with Gasteiger partial charge in [0.2, 0.25) is 0 Å². The van der Waals surface area contributed by atoms with Crippen molar-refractivity contribution in [1.82, 2.24) is 15.0 Å².